The largest absolute Gasteiger partial charge is 1.00 e. The molecule has 5 heteroatoms. The smallest absolute Gasteiger partial charge is 0.314 e. The van der Waals surface area contributed by atoms with Gasteiger partial charge >= 0.3 is 5.82 Å². The number of hydrogen-bond acceptors (Lipinski definition) is 2. The van der Waals surface area contributed by atoms with Crippen molar-refractivity contribution < 1.29 is 31.0 Å². The highest BCUT2D eigenvalue weighted by Crippen LogP contribution is 2.17. The molecule has 0 fully saturated rings. The first-order chi connectivity index (χ1) is 9.76. The zero-order valence-electron chi connectivity index (χ0n) is 12.8. The van der Waals surface area contributed by atoms with Gasteiger partial charge in [0.25, 0.3) is 6.29 Å². The molecule has 0 unspecified atom stereocenters. The number of hydrogen-bond donors (Lipinski definition) is 0. The fraction of sp³-hybridized carbons (Fsp3) is 0.438. The van der Waals surface area contributed by atoms with Crippen molar-refractivity contribution in [2.45, 2.75) is 26.7 Å². The maximum Gasteiger partial charge on any atom is 0.314 e. The Labute approximate surface area is 137 Å². The number of benzene rings is 1. The summed E-state index contributed by atoms with van der Waals surface area (Å²) in [5, 5.41) is 0. The lowest BCUT2D eigenvalue weighted by atomic mass is 10.2. The fourth-order valence-electron chi connectivity index (χ4n) is 2.25. The highest BCUT2D eigenvalue weighted by molar-refractivity contribution is 5.15. The Hall–Kier alpha value is -1.17. The van der Waals surface area contributed by atoms with Crippen LogP contribution in [0.3, 0.4) is 0 Å². The van der Waals surface area contributed by atoms with Crippen molar-refractivity contribution in [2.24, 2.45) is 7.05 Å². The van der Waals surface area contributed by atoms with Crippen LogP contribution in [-0.2, 0) is 23.1 Å². The number of nitrogens with zero attached hydrogens (tertiary/aromatic N) is 2. The van der Waals surface area contributed by atoms with Gasteiger partial charge < -0.3 is 26.5 Å². The van der Waals surface area contributed by atoms with Gasteiger partial charge in [0.05, 0.1) is 7.05 Å². The molecule has 0 spiro atoms. The van der Waals surface area contributed by atoms with E-state index in [1.165, 1.54) is 5.56 Å². The second kappa shape index (κ2) is 8.97. The third-order valence-corrected chi connectivity index (χ3v) is 3.17. The van der Waals surface area contributed by atoms with E-state index in [0.717, 1.165) is 12.4 Å². The lowest BCUT2D eigenvalue weighted by Crippen LogP contribution is -3.00. The molecule has 4 nitrogen and oxygen atoms in total. The molecule has 0 radical (unpaired) electrons. The average molecular weight is 355 g/mol. The summed E-state index contributed by atoms with van der Waals surface area (Å²) in [7, 11) is 2.02. The number of ether oxygens (including phenoxy) is 2. The van der Waals surface area contributed by atoms with Crippen LogP contribution in [0, 0.1) is 0 Å². The number of aryl methyl sites for hydroxylation is 1. The molecule has 21 heavy (non-hydrogen) atoms. The van der Waals surface area contributed by atoms with Crippen molar-refractivity contribution >= 4 is 0 Å². The van der Waals surface area contributed by atoms with Crippen molar-refractivity contribution in [1.29, 1.82) is 0 Å². The van der Waals surface area contributed by atoms with Crippen molar-refractivity contribution in [3.05, 3.63) is 54.1 Å². The zero-order chi connectivity index (χ0) is 14.4. The summed E-state index contributed by atoms with van der Waals surface area (Å²) < 4.78 is 15.7. The van der Waals surface area contributed by atoms with Gasteiger partial charge in [0, 0.05) is 13.2 Å². The molecule has 2 rings (SSSR count). The molecular weight excluding hydrogens is 332 g/mol. The van der Waals surface area contributed by atoms with Crippen LogP contribution >= 0.6 is 0 Å². The Kier molecular flexibility index (Phi) is 7.64. The molecule has 0 aliphatic heterocycles. The molecule has 2 aromatic rings. The minimum atomic E-state index is -0.325. The van der Waals surface area contributed by atoms with Gasteiger partial charge in [-0.3, -0.25) is 0 Å². The molecule has 0 saturated heterocycles. The molecular formula is C16H23BrN2O2. The van der Waals surface area contributed by atoms with Gasteiger partial charge in [0.1, 0.15) is 18.9 Å². The molecule has 1 aromatic carbocycles. The van der Waals surface area contributed by atoms with E-state index < -0.39 is 0 Å². The van der Waals surface area contributed by atoms with E-state index in [1.54, 1.807) is 0 Å². The van der Waals surface area contributed by atoms with E-state index in [4.69, 9.17) is 9.47 Å². The molecule has 1 aromatic heterocycles. The van der Waals surface area contributed by atoms with E-state index >= 15 is 0 Å². The van der Waals surface area contributed by atoms with E-state index in [9.17, 15) is 0 Å². The first-order valence-electron chi connectivity index (χ1n) is 7.08. The Balaban J connectivity index is 0.00000220. The van der Waals surface area contributed by atoms with Crippen LogP contribution in [-0.4, -0.2) is 17.8 Å². The van der Waals surface area contributed by atoms with Gasteiger partial charge in [-0.25, -0.2) is 9.13 Å². The number of halogens is 1. The van der Waals surface area contributed by atoms with Crippen molar-refractivity contribution in [2.75, 3.05) is 13.2 Å². The van der Waals surface area contributed by atoms with E-state index in [0.29, 0.717) is 13.2 Å². The first kappa shape index (κ1) is 17.9. The standard InChI is InChI=1S/C16H23N2O2.BrH/c1-4-19-16(20-5-2)15-17(3)11-12-18(15)13-14-9-7-6-8-10-14;/h6-12,16H,4-5,13H2,1-3H3;1H/q+1;/p-1. The van der Waals surface area contributed by atoms with Crippen LogP contribution in [0.15, 0.2) is 42.7 Å². The highest BCUT2D eigenvalue weighted by Gasteiger charge is 2.26. The minimum absolute atomic E-state index is 0. The van der Waals surface area contributed by atoms with E-state index in [1.807, 2.05) is 33.2 Å². The van der Waals surface area contributed by atoms with Crippen LogP contribution in [0.1, 0.15) is 31.5 Å². The molecule has 0 aliphatic carbocycles. The van der Waals surface area contributed by atoms with Crippen LogP contribution in [0.5, 0.6) is 0 Å². The van der Waals surface area contributed by atoms with Crippen LogP contribution in [0.25, 0.3) is 0 Å². The first-order valence-corrected chi connectivity index (χ1v) is 7.08. The SMILES string of the molecule is CCOC(OCC)c1n(Cc2ccccc2)cc[n+]1C.[Br-]. The summed E-state index contributed by atoms with van der Waals surface area (Å²) in [5.74, 6) is 1.03. The molecule has 0 bridgehead atoms. The van der Waals surface area contributed by atoms with Gasteiger partial charge in [-0.15, -0.1) is 0 Å². The van der Waals surface area contributed by atoms with E-state index in [-0.39, 0.29) is 23.3 Å². The molecule has 0 saturated carbocycles. The predicted octanol–water partition coefficient (Wildman–Crippen LogP) is -0.563. The van der Waals surface area contributed by atoms with Crippen LogP contribution in [0.4, 0.5) is 0 Å². The molecule has 116 valence electrons. The van der Waals surface area contributed by atoms with Crippen molar-refractivity contribution in [3.63, 3.8) is 0 Å². The van der Waals surface area contributed by atoms with Crippen LogP contribution < -0.4 is 21.5 Å². The molecule has 0 N–H and O–H groups in total. The Bertz CT molecular complexity index is 522. The molecule has 0 aliphatic rings. The second-order valence-electron chi connectivity index (χ2n) is 4.62. The van der Waals surface area contributed by atoms with Gasteiger partial charge in [-0.2, -0.15) is 0 Å². The fourth-order valence-corrected chi connectivity index (χ4v) is 2.25. The van der Waals surface area contributed by atoms with Crippen molar-refractivity contribution in [1.82, 2.24) is 4.57 Å². The van der Waals surface area contributed by atoms with Crippen LogP contribution in [0.2, 0.25) is 0 Å². The molecule has 0 atom stereocenters. The van der Waals surface area contributed by atoms with Gasteiger partial charge in [0.15, 0.2) is 0 Å². The van der Waals surface area contributed by atoms with Gasteiger partial charge in [0.2, 0.25) is 0 Å². The maximum atomic E-state index is 5.72. The normalized spacial score (nSPS) is 10.7. The Morgan fingerprint density at radius 1 is 1.10 bits per heavy atom. The third-order valence-electron chi connectivity index (χ3n) is 3.17. The third kappa shape index (κ3) is 4.66. The lowest BCUT2D eigenvalue weighted by Gasteiger charge is -2.15. The van der Waals surface area contributed by atoms with Gasteiger partial charge in [-0.1, -0.05) is 30.3 Å². The zero-order valence-corrected chi connectivity index (χ0v) is 14.4. The minimum Gasteiger partial charge on any atom is -1.00 e. The summed E-state index contributed by atoms with van der Waals surface area (Å²) in [5.41, 5.74) is 1.26. The monoisotopic (exact) mass is 354 g/mol. The summed E-state index contributed by atoms with van der Waals surface area (Å²) >= 11 is 0. The van der Waals surface area contributed by atoms with E-state index in [2.05, 4.69) is 39.6 Å². The lowest BCUT2D eigenvalue weighted by molar-refractivity contribution is -0.686. The second-order valence-corrected chi connectivity index (χ2v) is 4.62. The molecule has 0 amide bonds. The maximum absolute atomic E-state index is 5.72. The number of aromatic nitrogens is 2. The van der Waals surface area contributed by atoms with Gasteiger partial charge in [-0.05, 0) is 19.4 Å². The summed E-state index contributed by atoms with van der Waals surface area (Å²) in [4.78, 5) is 0. The summed E-state index contributed by atoms with van der Waals surface area (Å²) in [6.45, 7) is 6.03. The Morgan fingerprint density at radius 3 is 2.29 bits per heavy atom. The topological polar surface area (TPSA) is 27.3 Å². The Morgan fingerprint density at radius 2 is 1.71 bits per heavy atom. The summed E-state index contributed by atoms with van der Waals surface area (Å²) in [6, 6.07) is 10.4. The van der Waals surface area contributed by atoms with Crippen molar-refractivity contribution in [3.8, 4) is 0 Å². The summed E-state index contributed by atoms with van der Waals surface area (Å²) in [6.07, 6.45) is 3.77. The quantitative estimate of drug-likeness (QED) is 0.492. The number of imidazole rings is 1. The predicted molar refractivity (Wildman–Crippen MR) is 77.1 cm³/mol. The highest BCUT2D eigenvalue weighted by atomic mass is 79.9. The average Bonchev–Trinajstić information content (AvgIpc) is 2.81. The molecule has 1 heterocycles. The number of rotatable bonds is 7.